The van der Waals surface area contributed by atoms with E-state index >= 15 is 0 Å². The average molecular weight is 478 g/mol. The summed E-state index contributed by atoms with van der Waals surface area (Å²) in [4.78, 5) is 29.1. The van der Waals surface area contributed by atoms with Gasteiger partial charge in [0.1, 0.15) is 11.8 Å². The molecule has 1 saturated heterocycles. The molecule has 178 valence electrons. The largest absolute Gasteiger partial charge is 0.496 e. The molecule has 0 unspecified atom stereocenters. The summed E-state index contributed by atoms with van der Waals surface area (Å²) in [6, 6.07) is 20.7. The standard InChI is InChI=1S/C27H31N3O3S/c1-33-24-13-6-5-12-21(24)23(30-15-7-8-16-30)19-28-26(31)22(18-20-10-3-2-4-11-20)29-27(32)25-14-9-17-34-25/h2-6,9-14,17,22-23H,7-8,15-16,18-19H2,1H3,(H,28,31)(H,29,32)/t22-,23-/m1/s1. The molecule has 2 aromatic carbocycles. The van der Waals surface area contributed by atoms with Gasteiger partial charge in [-0.05, 0) is 49.0 Å². The molecule has 2 N–H and O–H groups in total. The van der Waals surface area contributed by atoms with E-state index in [4.69, 9.17) is 4.74 Å². The molecule has 0 aliphatic carbocycles. The quantitative estimate of drug-likeness (QED) is 0.462. The van der Waals surface area contributed by atoms with E-state index in [0.717, 1.165) is 42.8 Å². The van der Waals surface area contributed by atoms with Gasteiger partial charge < -0.3 is 15.4 Å². The number of para-hydroxylation sites is 1. The fourth-order valence-corrected chi connectivity index (χ4v) is 5.07. The number of hydrogen-bond donors (Lipinski definition) is 2. The molecule has 1 fully saturated rings. The minimum absolute atomic E-state index is 0.00738. The van der Waals surface area contributed by atoms with Crippen LogP contribution in [-0.2, 0) is 11.2 Å². The van der Waals surface area contributed by atoms with Crippen molar-refractivity contribution in [3.8, 4) is 5.75 Å². The van der Waals surface area contributed by atoms with Crippen LogP contribution in [0.5, 0.6) is 5.75 Å². The molecule has 0 bridgehead atoms. The molecule has 34 heavy (non-hydrogen) atoms. The Balaban J connectivity index is 1.50. The fraction of sp³-hybridized carbons (Fsp3) is 0.333. The molecule has 2 atom stereocenters. The van der Waals surface area contributed by atoms with E-state index in [1.807, 2.05) is 60.0 Å². The van der Waals surface area contributed by atoms with Crippen LogP contribution in [0.1, 0.15) is 39.7 Å². The minimum Gasteiger partial charge on any atom is -0.496 e. The van der Waals surface area contributed by atoms with Crippen LogP contribution < -0.4 is 15.4 Å². The first kappa shape index (κ1) is 24.0. The molecule has 1 aliphatic heterocycles. The maximum Gasteiger partial charge on any atom is 0.262 e. The summed E-state index contributed by atoms with van der Waals surface area (Å²) in [6.45, 7) is 2.42. The monoisotopic (exact) mass is 477 g/mol. The molecule has 0 spiro atoms. The molecule has 2 heterocycles. The average Bonchev–Trinajstić information content (AvgIpc) is 3.59. The van der Waals surface area contributed by atoms with Crippen LogP contribution in [0.25, 0.3) is 0 Å². The number of hydrogen-bond acceptors (Lipinski definition) is 5. The molecule has 1 aliphatic rings. The van der Waals surface area contributed by atoms with Gasteiger partial charge in [0.05, 0.1) is 18.0 Å². The number of likely N-dealkylation sites (tertiary alicyclic amines) is 1. The number of methoxy groups -OCH3 is 1. The van der Waals surface area contributed by atoms with E-state index in [-0.39, 0.29) is 17.9 Å². The van der Waals surface area contributed by atoms with Crippen molar-refractivity contribution >= 4 is 23.2 Å². The molecule has 0 radical (unpaired) electrons. The Labute approximate surface area is 204 Å². The van der Waals surface area contributed by atoms with E-state index in [2.05, 4.69) is 21.6 Å². The zero-order valence-corrected chi connectivity index (χ0v) is 20.2. The third-order valence-corrected chi connectivity index (χ3v) is 7.07. The predicted octanol–water partition coefficient (Wildman–Crippen LogP) is 4.05. The van der Waals surface area contributed by atoms with Gasteiger partial charge in [-0.25, -0.2) is 0 Å². The summed E-state index contributed by atoms with van der Waals surface area (Å²) in [7, 11) is 1.68. The number of nitrogens with one attached hydrogen (secondary N) is 2. The van der Waals surface area contributed by atoms with Crippen LogP contribution in [-0.4, -0.2) is 49.5 Å². The first-order chi connectivity index (χ1) is 16.7. The maximum absolute atomic E-state index is 13.4. The van der Waals surface area contributed by atoms with Crippen LogP contribution in [0.15, 0.2) is 72.1 Å². The second-order valence-corrected chi connectivity index (χ2v) is 9.39. The van der Waals surface area contributed by atoms with Crippen molar-refractivity contribution in [2.75, 3.05) is 26.7 Å². The Hall–Kier alpha value is -3.16. The summed E-state index contributed by atoms with van der Waals surface area (Å²) in [5.74, 6) is 0.403. The molecule has 2 amide bonds. The van der Waals surface area contributed by atoms with Gasteiger partial charge in [-0.3, -0.25) is 14.5 Å². The predicted molar refractivity (Wildman–Crippen MR) is 135 cm³/mol. The zero-order valence-electron chi connectivity index (χ0n) is 19.4. The minimum atomic E-state index is -0.672. The van der Waals surface area contributed by atoms with Gasteiger partial charge in [-0.1, -0.05) is 54.6 Å². The van der Waals surface area contributed by atoms with Crippen LogP contribution in [0, 0.1) is 0 Å². The van der Waals surface area contributed by atoms with Crippen molar-refractivity contribution in [3.05, 3.63) is 88.1 Å². The highest BCUT2D eigenvalue weighted by Crippen LogP contribution is 2.31. The number of ether oxygens (including phenoxy) is 1. The lowest BCUT2D eigenvalue weighted by molar-refractivity contribution is -0.123. The first-order valence-electron chi connectivity index (χ1n) is 11.7. The number of thiophene rings is 1. The SMILES string of the molecule is COc1ccccc1[C@@H](CNC(=O)[C@@H](Cc1ccccc1)NC(=O)c1cccs1)N1CCCC1. The lowest BCUT2D eigenvalue weighted by atomic mass is 10.0. The second-order valence-electron chi connectivity index (χ2n) is 8.44. The number of carbonyl (C=O) groups is 2. The Morgan fingerprint density at radius 1 is 1.00 bits per heavy atom. The van der Waals surface area contributed by atoms with Gasteiger partial charge in [-0.2, -0.15) is 0 Å². The molecular weight excluding hydrogens is 446 g/mol. The van der Waals surface area contributed by atoms with Gasteiger partial charge in [-0.15, -0.1) is 11.3 Å². The van der Waals surface area contributed by atoms with Crippen LogP contribution in [0.4, 0.5) is 0 Å². The zero-order chi connectivity index (χ0) is 23.8. The third kappa shape index (κ3) is 6.04. The highest BCUT2D eigenvalue weighted by molar-refractivity contribution is 7.12. The number of benzene rings is 2. The van der Waals surface area contributed by atoms with Crippen LogP contribution in [0.2, 0.25) is 0 Å². The lowest BCUT2D eigenvalue weighted by Gasteiger charge is -2.30. The van der Waals surface area contributed by atoms with Crippen molar-refractivity contribution in [2.45, 2.75) is 31.3 Å². The van der Waals surface area contributed by atoms with E-state index in [1.54, 1.807) is 13.2 Å². The Bertz CT molecular complexity index is 1070. The second kappa shape index (κ2) is 11.8. The van der Waals surface area contributed by atoms with Crippen LogP contribution in [0.3, 0.4) is 0 Å². The topological polar surface area (TPSA) is 70.7 Å². The first-order valence-corrected chi connectivity index (χ1v) is 12.6. The summed E-state index contributed by atoms with van der Waals surface area (Å²) < 4.78 is 5.62. The van der Waals surface area contributed by atoms with Crippen molar-refractivity contribution in [3.63, 3.8) is 0 Å². The molecule has 3 aromatic rings. The van der Waals surface area contributed by atoms with Crippen molar-refractivity contribution in [2.24, 2.45) is 0 Å². The van der Waals surface area contributed by atoms with Crippen LogP contribution >= 0.6 is 11.3 Å². The number of carbonyl (C=O) groups excluding carboxylic acids is 2. The van der Waals surface area contributed by atoms with E-state index in [1.165, 1.54) is 11.3 Å². The van der Waals surface area contributed by atoms with E-state index in [9.17, 15) is 9.59 Å². The molecule has 6 nitrogen and oxygen atoms in total. The Morgan fingerprint density at radius 3 is 2.44 bits per heavy atom. The molecule has 1 aromatic heterocycles. The summed E-state index contributed by atoms with van der Waals surface area (Å²) in [5, 5.41) is 7.93. The van der Waals surface area contributed by atoms with Gasteiger partial charge in [0.25, 0.3) is 5.91 Å². The molecule has 7 heteroatoms. The van der Waals surface area contributed by atoms with Gasteiger partial charge in [0.15, 0.2) is 0 Å². The molecule has 4 rings (SSSR count). The van der Waals surface area contributed by atoms with Crippen molar-refractivity contribution in [1.29, 1.82) is 0 Å². The normalized spacial score (nSPS) is 15.4. The Kier molecular flexibility index (Phi) is 8.33. The van der Waals surface area contributed by atoms with Gasteiger partial charge >= 0.3 is 0 Å². The van der Waals surface area contributed by atoms with Gasteiger partial charge in [0.2, 0.25) is 5.91 Å². The van der Waals surface area contributed by atoms with Crippen molar-refractivity contribution in [1.82, 2.24) is 15.5 Å². The van der Waals surface area contributed by atoms with E-state index in [0.29, 0.717) is 17.8 Å². The number of rotatable bonds is 10. The lowest BCUT2D eigenvalue weighted by Crippen LogP contribution is -2.49. The smallest absolute Gasteiger partial charge is 0.262 e. The highest BCUT2D eigenvalue weighted by atomic mass is 32.1. The molecule has 0 saturated carbocycles. The fourth-order valence-electron chi connectivity index (χ4n) is 4.45. The summed E-state index contributed by atoms with van der Waals surface area (Å²) in [6.07, 6.45) is 2.72. The summed E-state index contributed by atoms with van der Waals surface area (Å²) in [5.41, 5.74) is 2.06. The van der Waals surface area contributed by atoms with E-state index < -0.39 is 6.04 Å². The number of nitrogens with zero attached hydrogens (tertiary/aromatic N) is 1. The highest BCUT2D eigenvalue weighted by Gasteiger charge is 2.28. The maximum atomic E-state index is 13.4. The molecular formula is C27H31N3O3S. The van der Waals surface area contributed by atoms with Gasteiger partial charge in [0, 0.05) is 18.5 Å². The third-order valence-electron chi connectivity index (χ3n) is 6.20. The van der Waals surface area contributed by atoms with Crippen molar-refractivity contribution < 1.29 is 14.3 Å². The summed E-state index contributed by atoms with van der Waals surface area (Å²) >= 11 is 1.36. The number of amides is 2. The Morgan fingerprint density at radius 2 is 1.74 bits per heavy atom.